The van der Waals surface area contributed by atoms with Gasteiger partial charge in [-0.15, -0.1) is 0 Å². The van der Waals surface area contributed by atoms with Crippen LogP contribution in [0, 0.1) is 23.7 Å². The summed E-state index contributed by atoms with van der Waals surface area (Å²) in [6.45, 7) is -0.359. The Morgan fingerprint density at radius 3 is 2.08 bits per heavy atom. The highest BCUT2D eigenvalue weighted by atomic mass is 16.5. The first-order valence-electron chi connectivity index (χ1n) is 12.3. The summed E-state index contributed by atoms with van der Waals surface area (Å²) < 4.78 is 5.17. The number of anilines is 1. The zero-order valence-electron chi connectivity index (χ0n) is 19.6. The van der Waals surface area contributed by atoms with Crippen molar-refractivity contribution < 1.29 is 23.9 Å². The maximum absolute atomic E-state index is 13.5. The Kier molecular flexibility index (Phi) is 5.52. The molecule has 1 aliphatic heterocycles. The van der Waals surface area contributed by atoms with Gasteiger partial charge in [-0.05, 0) is 60.4 Å². The number of fused-ring (bicyclic) bond motifs is 5. The first-order valence-corrected chi connectivity index (χ1v) is 12.3. The van der Waals surface area contributed by atoms with Gasteiger partial charge in [0.25, 0.3) is 0 Å². The van der Waals surface area contributed by atoms with Gasteiger partial charge in [0.1, 0.15) is 0 Å². The van der Waals surface area contributed by atoms with Crippen molar-refractivity contribution in [3.05, 3.63) is 102 Å². The fourth-order valence-electron chi connectivity index (χ4n) is 6.47. The average Bonchev–Trinajstić information content (AvgIpc) is 3.59. The van der Waals surface area contributed by atoms with Crippen LogP contribution in [0.1, 0.15) is 45.0 Å². The third-order valence-electron chi connectivity index (χ3n) is 8.03. The minimum absolute atomic E-state index is 0.132. The number of benzene rings is 3. The fourth-order valence-corrected chi connectivity index (χ4v) is 6.47. The van der Waals surface area contributed by atoms with Crippen LogP contribution in [0.5, 0.6) is 0 Å². The topological polar surface area (TPSA) is 80.8 Å². The summed E-state index contributed by atoms with van der Waals surface area (Å²) in [5.41, 5.74) is 2.44. The zero-order valence-corrected chi connectivity index (χ0v) is 19.6. The summed E-state index contributed by atoms with van der Waals surface area (Å²) in [6.07, 6.45) is 1.86. The highest BCUT2D eigenvalue weighted by Crippen LogP contribution is 2.61. The Morgan fingerprint density at radius 2 is 1.39 bits per heavy atom. The van der Waals surface area contributed by atoms with E-state index < -0.39 is 5.97 Å². The third-order valence-corrected chi connectivity index (χ3v) is 8.03. The van der Waals surface area contributed by atoms with Crippen molar-refractivity contribution in [3.63, 3.8) is 0 Å². The summed E-state index contributed by atoms with van der Waals surface area (Å²) in [5, 5.41) is 0. The van der Waals surface area contributed by atoms with E-state index in [1.165, 1.54) is 22.6 Å². The minimum Gasteiger partial charge on any atom is -0.454 e. The van der Waals surface area contributed by atoms with Crippen LogP contribution in [0.15, 0.2) is 84.9 Å². The van der Waals surface area contributed by atoms with Crippen LogP contribution in [-0.2, 0) is 14.3 Å². The molecule has 180 valence electrons. The quantitative estimate of drug-likeness (QED) is 0.292. The van der Waals surface area contributed by atoms with Gasteiger partial charge < -0.3 is 4.74 Å². The molecule has 2 amide bonds. The first kappa shape index (κ1) is 22.4. The number of rotatable bonds is 6. The number of ether oxygens (including phenoxy) is 1. The molecule has 3 aromatic carbocycles. The number of carbonyl (C=O) groups excluding carboxylic acids is 4. The summed E-state index contributed by atoms with van der Waals surface area (Å²) in [4.78, 5) is 52.7. The molecule has 2 saturated carbocycles. The van der Waals surface area contributed by atoms with Crippen molar-refractivity contribution in [1.29, 1.82) is 0 Å². The molecule has 5 atom stereocenters. The van der Waals surface area contributed by atoms with Gasteiger partial charge in [0.15, 0.2) is 12.4 Å². The lowest BCUT2D eigenvalue weighted by Gasteiger charge is -2.28. The van der Waals surface area contributed by atoms with Gasteiger partial charge in [0.05, 0.1) is 23.1 Å². The Labute approximate surface area is 208 Å². The van der Waals surface area contributed by atoms with Gasteiger partial charge in [0.2, 0.25) is 11.8 Å². The largest absolute Gasteiger partial charge is 0.454 e. The molecule has 3 aromatic rings. The standard InChI is InChI=1S/C30H25NO5/c32-25(19-9-5-2-6-10-19)17-36-30(35)20-11-13-22(14-12-20)31-28(33)26-21-15-23(18-7-3-1-4-8-18)24(16-21)27(26)29(31)34/h1-14,21,23-24,26-27H,15-17H2/t21-,23-,24+,26+,27+/m0/s1. The minimum atomic E-state index is -0.634. The van der Waals surface area contributed by atoms with Crippen molar-refractivity contribution in [2.45, 2.75) is 18.8 Å². The lowest BCUT2D eigenvalue weighted by atomic mass is 9.73. The normalized spacial score (nSPS) is 26.2. The molecule has 3 aliphatic rings. The number of Topliss-reactive ketones (excluding diaryl/α,β-unsaturated/α-hetero) is 1. The number of carbonyl (C=O) groups is 4. The Morgan fingerprint density at radius 1 is 0.750 bits per heavy atom. The van der Waals surface area contributed by atoms with E-state index in [-0.39, 0.29) is 53.4 Å². The molecule has 3 fully saturated rings. The van der Waals surface area contributed by atoms with Crippen LogP contribution in [0.3, 0.4) is 0 Å². The maximum Gasteiger partial charge on any atom is 0.338 e. The Balaban J connectivity index is 1.14. The lowest BCUT2D eigenvalue weighted by Crippen LogP contribution is -2.33. The zero-order chi connectivity index (χ0) is 24.8. The summed E-state index contributed by atoms with van der Waals surface area (Å²) >= 11 is 0. The van der Waals surface area contributed by atoms with E-state index in [4.69, 9.17) is 4.74 Å². The number of imide groups is 1. The molecule has 0 unspecified atom stereocenters. The van der Waals surface area contributed by atoms with Gasteiger partial charge >= 0.3 is 5.97 Å². The molecule has 0 aromatic heterocycles. The first-order chi connectivity index (χ1) is 17.5. The average molecular weight is 480 g/mol. The molecule has 6 rings (SSSR count). The highest BCUT2D eigenvalue weighted by molar-refractivity contribution is 6.22. The van der Waals surface area contributed by atoms with Gasteiger partial charge in [-0.1, -0.05) is 60.7 Å². The summed E-state index contributed by atoms with van der Waals surface area (Å²) in [7, 11) is 0. The molecule has 6 heteroatoms. The number of ketones is 1. The predicted molar refractivity (Wildman–Crippen MR) is 132 cm³/mol. The molecular formula is C30H25NO5. The molecule has 6 nitrogen and oxygen atoms in total. The van der Waals surface area contributed by atoms with Crippen LogP contribution in [0.25, 0.3) is 0 Å². The molecule has 1 saturated heterocycles. The third kappa shape index (κ3) is 3.65. The molecule has 2 bridgehead atoms. The van der Waals surface area contributed by atoms with E-state index in [1.54, 1.807) is 42.5 Å². The van der Waals surface area contributed by atoms with E-state index in [2.05, 4.69) is 12.1 Å². The van der Waals surface area contributed by atoms with Gasteiger partial charge in [-0.25, -0.2) is 4.79 Å². The van der Waals surface area contributed by atoms with Crippen molar-refractivity contribution >= 4 is 29.3 Å². The molecule has 2 aliphatic carbocycles. The van der Waals surface area contributed by atoms with Crippen LogP contribution in [-0.4, -0.2) is 30.2 Å². The number of hydrogen-bond donors (Lipinski definition) is 0. The second-order valence-corrected chi connectivity index (χ2v) is 9.89. The van der Waals surface area contributed by atoms with E-state index in [0.29, 0.717) is 17.2 Å². The summed E-state index contributed by atoms with van der Waals surface area (Å²) in [6, 6.07) is 25.2. The van der Waals surface area contributed by atoms with E-state index in [1.807, 2.05) is 18.2 Å². The highest BCUT2D eigenvalue weighted by Gasteiger charge is 2.64. The smallest absolute Gasteiger partial charge is 0.338 e. The van der Waals surface area contributed by atoms with Crippen LogP contribution < -0.4 is 4.90 Å². The Bertz CT molecular complexity index is 1330. The van der Waals surface area contributed by atoms with Crippen molar-refractivity contribution in [1.82, 2.24) is 0 Å². The maximum atomic E-state index is 13.5. The van der Waals surface area contributed by atoms with Crippen LogP contribution >= 0.6 is 0 Å². The number of esters is 1. The van der Waals surface area contributed by atoms with Crippen molar-refractivity contribution in [2.75, 3.05) is 11.5 Å². The second kappa shape index (κ2) is 8.86. The number of amides is 2. The van der Waals surface area contributed by atoms with Gasteiger partial charge in [0, 0.05) is 5.56 Å². The summed E-state index contributed by atoms with van der Waals surface area (Å²) in [5.74, 6) is -1.01. The molecular weight excluding hydrogens is 454 g/mol. The van der Waals surface area contributed by atoms with Crippen molar-refractivity contribution in [2.24, 2.45) is 23.7 Å². The Hall–Kier alpha value is -4.06. The van der Waals surface area contributed by atoms with E-state index in [9.17, 15) is 19.2 Å². The fraction of sp³-hybridized carbons (Fsp3) is 0.267. The molecule has 1 heterocycles. The van der Waals surface area contributed by atoms with Crippen molar-refractivity contribution in [3.8, 4) is 0 Å². The molecule has 0 N–H and O–H groups in total. The van der Waals surface area contributed by atoms with Gasteiger partial charge in [-0.2, -0.15) is 0 Å². The van der Waals surface area contributed by atoms with E-state index >= 15 is 0 Å². The number of hydrogen-bond acceptors (Lipinski definition) is 5. The molecule has 0 radical (unpaired) electrons. The second-order valence-electron chi connectivity index (χ2n) is 9.89. The van der Waals surface area contributed by atoms with Gasteiger partial charge in [-0.3, -0.25) is 19.3 Å². The van der Waals surface area contributed by atoms with Crippen LogP contribution in [0.2, 0.25) is 0 Å². The van der Waals surface area contributed by atoms with E-state index in [0.717, 1.165) is 12.8 Å². The predicted octanol–water partition coefficient (Wildman–Crippen LogP) is 4.66. The monoisotopic (exact) mass is 479 g/mol. The molecule has 36 heavy (non-hydrogen) atoms. The lowest BCUT2D eigenvalue weighted by molar-refractivity contribution is -0.123. The number of nitrogens with zero attached hydrogens (tertiary/aromatic N) is 1. The molecule has 0 spiro atoms. The SMILES string of the molecule is O=C(COC(=O)c1ccc(N2C(=O)[C@@H]3[C@@H]4C[C@@H]([C@H]3C2=O)[C@H](c2ccccc2)C4)cc1)c1ccccc1. The van der Waals surface area contributed by atoms with Crippen LogP contribution in [0.4, 0.5) is 5.69 Å².